The van der Waals surface area contributed by atoms with E-state index in [0.717, 1.165) is 197 Å². The van der Waals surface area contributed by atoms with Gasteiger partial charge in [-0.05, 0) is 184 Å². The number of nitrogens with zero attached hydrogens (tertiary/aromatic N) is 4. The number of aryl methyl sites for hydroxylation is 5. The average molecular weight is 1090 g/mol. The van der Waals surface area contributed by atoms with Gasteiger partial charge in [0, 0.05) is 87.2 Å². The Labute approximate surface area is 469 Å². The number of carboxylic acid groups (broad SMARTS) is 2. The number of pyridine rings is 2. The van der Waals surface area contributed by atoms with E-state index < -0.39 is 24.0 Å². The van der Waals surface area contributed by atoms with E-state index in [0.29, 0.717) is 38.9 Å². The minimum Gasteiger partial charge on any atom is -0.496 e. The lowest BCUT2D eigenvalue weighted by atomic mass is 9.91. The van der Waals surface area contributed by atoms with Crippen molar-refractivity contribution < 1.29 is 43.5 Å². The Morgan fingerprint density at radius 1 is 0.696 bits per heavy atom. The van der Waals surface area contributed by atoms with Crippen molar-refractivity contribution in [2.24, 2.45) is 0 Å². The standard InChI is InChI=1S/C32H45N3O5.C32H45N3O4/c1-21-10-12-25(28-9-5-7-17-40-28)27(18-21)30(32(36)37)35-15-14-24(20-35)39-16-6-4-8-23-19-29(38-3)26-13-11-22(2)33-31(26)34-23;1-22-10-13-26(28-9-5-7-19-39-28)27(20-22)29(31(36)37)35-17-15-25(21-35)38-18-6-4-8-24-12-11-23-14-16-32(2,3)34-30(23)33-24/h10,12,18-19,22,24,28,30H,4-9,11,13-17,20H2,1-3H3,(H,33,34)(H,36,37);10-13,20,25,28-29H,4-9,14-19,21H2,1-3H3,(H,33,34)(H,36,37)/t22?,24-,28+,30?;25-,28+,29?/m11/s1. The molecule has 4 fully saturated rings. The molecule has 7 atom stereocenters. The van der Waals surface area contributed by atoms with Crippen molar-refractivity contribution in [3.8, 4) is 5.75 Å². The summed E-state index contributed by atoms with van der Waals surface area (Å²) in [7, 11) is 1.73. The van der Waals surface area contributed by atoms with Crippen molar-refractivity contribution >= 4 is 23.6 Å². The molecule has 0 radical (unpaired) electrons. The number of rotatable bonds is 21. The van der Waals surface area contributed by atoms with Crippen LogP contribution in [0.5, 0.6) is 5.75 Å². The molecule has 8 heterocycles. The number of nitrogens with one attached hydrogen (secondary N) is 2. The molecule has 6 aliphatic heterocycles. The first-order valence-electron chi connectivity index (χ1n) is 29.9. The van der Waals surface area contributed by atoms with Gasteiger partial charge in [-0.1, -0.05) is 53.6 Å². The molecule has 4 N–H and O–H groups in total. The zero-order valence-electron chi connectivity index (χ0n) is 48.2. The maximum atomic E-state index is 12.6. The zero-order valence-corrected chi connectivity index (χ0v) is 48.2. The van der Waals surface area contributed by atoms with Crippen LogP contribution in [0.2, 0.25) is 0 Å². The van der Waals surface area contributed by atoms with E-state index in [1.807, 2.05) is 26.0 Å². The molecule has 0 aliphatic carbocycles. The van der Waals surface area contributed by atoms with E-state index in [2.05, 4.69) is 83.7 Å². The Morgan fingerprint density at radius 3 is 1.78 bits per heavy atom. The summed E-state index contributed by atoms with van der Waals surface area (Å²) >= 11 is 0. The van der Waals surface area contributed by atoms with Crippen molar-refractivity contribution in [1.82, 2.24) is 19.8 Å². The highest BCUT2D eigenvalue weighted by Gasteiger charge is 2.39. The maximum Gasteiger partial charge on any atom is 0.325 e. The van der Waals surface area contributed by atoms with Crippen LogP contribution in [0.15, 0.2) is 54.6 Å². The molecule has 4 aromatic rings. The summed E-state index contributed by atoms with van der Waals surface area (Å²) in [4.78, 5) is 39.1. The largest absolute Gasteiger partial charge is 0.496 e. The molecule has 4 saturated heterocycles. The minimum absolute atomic E-state index is 0.0160. The second-order valence-corrected chi connectivity index (χ2v) is 24.0. The molecule has 15 heteroatoms. The van der Waals surface area contributed by atoms with Crippen LogP contribution in [0, 0.1) is 13.8 Å². The summed E-state index contributed by atoms with van der Waals surface area (Å²) < 4.78 is 30.2. The number of methoxy groups -OCH3 is 1. The van der Waals surface area contributed by atoms with E-state index in [1.54, 1.807) is 7.11 Å². The van der Waals surface area contributed by atoms with E-state index in [9.17, 15) is 19.8 Å². The van der Waals surface area contributed by atoms with E-state index in [4.69, 9.17) is 33.7 Å². The van der Waals surface area contributed by atoms with Gasteiger partial charge in [-0.25, -0.2) is 9.97 Å². The van der Waals surface area contributed by atoms with Crippen LogP contribution in [0.4, 0.5) is 11.6 Å². The normalized spacial score (nSPS) is 23.7. The van der Waals surface area contributed by atoms with Gasteiger partial charge in [0.05, 0.1) is 31.5 Å². The van der Waals surface area contributed by atoms with Gasteiger partial charge in [-0.2, -0.15) is 0 Å². The van der Waals surface area contributed by atoms with Crippen molar-refractivity contribution in [3.63, 3.8) is 0 Å². The Kier molecular flexibility index (Phi) is 20.4. The Balaban J connectivity index is 0.000000192. The second kappa shape index (κ2) is 27.5. The molecule has 79 heavy (non-hydrogen) atoms. The van der Waals surface area contributed by atoms with Gasteiger partial charge in [0.15, 0.2) is 0 Å². The molecule has 2 aromatic heterocycles. The van der Waals surface area contributed by atoms with Gasteiger partial charge in [0.1, 0.15) is 29.5 Å². The number of carboxylic acids is 2. The molecule has 0 spiro atoms. The number of fused-ring (bicyclic) bond motifs is 2. The molecule has 0 amide bonds. The Morgan fingerprint density at radius 2 is 1.25 bits per heavy atom. The number of hydrogen-bond donors (Lipinski definition) is 4. The summed E-state index contributed by atoms with van der Waals surface area (Å²) in [6.07, 6.45) is 18.1. The molecular formula is C64H90N6O9. The van der Waals surface area contributed by atoms with Gasteiger partial charge in [-0.15, -0.1) is 0 Å². The highest BCUT2D eigenvalue weighted by atomic mass is 16.5. The van der Waals surface area contributed by atoms with Gasteiger partial charge >= 0.3 is 11.9 Å². The number of anilines is 2. The molecule has 2 aromatic carbocycles. The van der Waals surface area contributed by atoms with Crippen LogP contribution in [-0.2, 0) is 54.2 Å². The van der Waals surface area contributed by atoms with Crippen molar-refractivity contribution in [2.45, 2.75) is 198 Å². The average Bonchev–Trinajstić information content (AvgIpc) is 4.20. The monoisotopic (exact) mass is 1090 g/mol. The lowest BCUT2D eigenvalue weighted by Gasteiger charge is -2.33. The Hall–Kier alpha value is -5.16. The Bertz CT molecular complexity index is 2670. The van der Waals surface area contributed by atoms with Crippen LogP contribution < -0.4 is 15.4 Å². The molecule has 430 valence electrons. The summed E-state index contributed by atoms with van der Waals surface area (Å²) in [5.74, 6) is 1.34. The van der Waals surface area contributed by atoms with Crippen LogP contribution in [0.1, 0.15) is 191 Å². The lowest BCUT2D eigenvalue weighted by Crippen LogP contribution is -2.35. The summed E-state index contributed by atoms with van der Waals surface area (Å²) in [5, 5.41) is 27.7. The predicted molar refractivity (Wildman–Crippen MR) is 308 cm³/mol. The molecule has 6 aliphatic rings. The van der Waals surface area contributed by atoms with E-state index >= 15 is 0 Å². The van der Waals surface area contributed by atoms with E-state index in [-0.39, 0.29) is 30.0 Å². The number of aromatic nitrogens is 2. The fourth-order valence-electron chi connectivity index (χ4n) is 12.7. The van der Waals surface area contributed by atoms with Gasteiger partial charge < -0.3 is 44.5 Å². The number of ether oxygens (including phenoxy) is 5. The second-order valence-electron chi connectivity index (χ2n) is 24.0. The quantitative estimate of drug-likeness (QED) is 0.0579. The number of unbranched alkanes of at least 4 members (excludes halogenated alkanes) is 2. The molecule has 0 bridgehead atoms. The van der Waals surface area contributed by atoms with Crippen LogP contribution in [0.25, 0.3) is 0 Å². The highest BCUT2D eigenvalue weighted by Crippen LogP contribution is 2.40. The van der Waals surface area contributed by atoms with Crippen LogP contribution >= 0.6 is 0 Å². The lowest BCUT2D eigenvalue weighted by molar-refractivity contribution is -0.144. The van der Waals surface area contributed by atoms with Crippen LogP contribution in [-0.4, -0.2) is 125 Å². The SMILES string of the molecule is COc1cc(CCCCO[C@@H]2CCN(C(C(=O)O)c3cc(C)ccc3[C@@H]3CCCCO3)C2)nc2c1CCC(C)N2.Cc1ccc([C@@H]2CCCCO2)c(C(C(=O)O)N2CC[C@@H](OCCCCc3ccc4c(n3)NC(C)(C)CC4)C2)c1. The fourth-order valence-corrected chi connectivity index (χ4v) is 12.7. The van der Waals surface area contributed by atoms with Crippen molar-refractivity contribution in [1.29, 1.82) is 0 Å². The number of hydrogen-bond acceptors (Lipinski definition) is 13. The topological polar surface area (TPSA) is 177 Å². The fraction of sp³-hybridized carbons (Fsp3) is 0.625. The molecule has 0 saturated carbocycles. The third-order valence-electron chi connectivity index (χ3n) is 17.1. The van der Waals surface area contributed by atoms with Gasteiger partial charge in [0.25, 0.3) is 0 Å². The molecule has 15 nitrogen and oxygen atoms in total. The first kappa shape index (κ1) is 58.5. The number of aliphatic carboxylic acids is 2. The molecular weight excluding hydrogens is 997 g/mol. The number of benzene rings is 2. The number of likely N-dealkylation sites (tertiary alicyclic amines) is 2. The third kappa shape index (κ3) is 15.4. The van der Waals surface area contributed by atoms with Crippen LogP contribution in [0.3, 0.4) is 0 Å². The molecule has 10 rings (SSSR count). The number of carbonyl (C=O) groups is 2. The predicted octanol–water partition coefficient (Wildman–Crippen LogP) is 11.6. The molecule has 3 unspecified atom stereocenters. The maximum absolute atomic E-state index is 12.6. The summed E-state index contributed by atoms with van der Waals surface area (Å²) in [5.41, 5.74) is 10.7. The first-order chi connectivity index (χ1) is 38.2. The first-order valence-corrected chi connectivity index (χ1v) is 29.9. The zero-order chi connectivity index (χ0) is 55.5. The highest BCUT2D eigenvalue weighted by molar-refractivity contribution is 5.77. The smallest absolute Gasteiger partial charge is 0.325 e. The third-order valence-corrected chi connectivity index (χ3v) is 17.1. The van der Waals surface area contributed by atoms with Crippen molar-refractivity contribution in [2.75, 3.05) is 70.3 Å². The van der Waals surface area contributed by atoms with Gasteiger partial charge in [-0.3, -0.25) is 19.4 Å². The summed E-state index contributed by atoms with van der Waals surface area (Å²) in [6, 6.07) is 17.9. The summed E-state index contributed by atoms with van der Waals surface area (Å²) in [6.45, 7) is 16.3. The minimum atomic E-state index is -0.805. The van der Waals surface area contributed by atoms with Gasteiger partial charge in [0.2, 0.25) is 0 Å². The van der Waals surface area contributed by atoms with Crippen molar-refractivity contribution in [3.05, 3.63) is 110 Å². The van der Waals surface area contributed by atoms with E-state index in [1.165, 1.54) is 11.1 Å².